The summed E-state index contributed by atoms with van der Waals surface area (Å²) >= 11 is 0. The Labute approximate surface area is 155 Å². The Kier molecular flexibility index (Phi) is 4.58. The quantitative estimate of drug-likeness (QED) is 0.706. The summed E-state index contributed by atoms with van der Waals surface area (Å²) in [7, 11) is 1.61. The molecule has 1 saturated heterocycles. The van der Waals surface area contributed by atoms with Crippen molar-refractivity contribution >= 4 is 5.91 Å². The van der Waals surface area contributed by atoms with Crippen molar-refractivity contribution in [1.82, 2.24) is 15.1 Å². The topological polar surface area (TPSA) is 68.5 Å². The molecule has 7 heteroatoms. The predicted octanol–water partition coefficient (Wildman–Crippen LogP) is 3.51. The van der Waals surface area contributed by atoms with Gasteiger partial charge >= 0.3 is 0 Å². The van der Waals surface area contributed by atoms with E-state index in [0.717, 1.165) is 17.7 Å². The maximum absolute atomic E-state index is 13.0. The second kappa shape index (κ2) is 7.19. The lowest BCUT2D eigenvalue weighted by Crippen LogP contribution is -2.28. The summed E-state index contributed by atoms with van der Waals surface area (Å²) in [6.45, 7) is 1.10. The van der Waals surface area contributed by atoms with Crippen molar-refractivity contribution in [3.05, 3.63) is 65.8 Å². The molecule has 1 atom stereocenters. The number of likely N-dealkylation sites (tertiary alicyclic amines) is 1. The number of rotatable bonds is 4. The minimum absolute atomic E-state index is 0.00565. The largest absolute Gasteiger partial charge is 0.497 e. The van der Waals surface area contributed by atoms with Crippen molar-refractivity contribution in [2.24, 2.45) is 0 Å². The summed E-state index contributed by atoms with van der Waals surface area (Å²) in [5.74, 6) is 1.24. The minimum Gasteiger partial charge on any atom is -0.497 e. The molecule has 138 valence electrons. The molecule has 0 saturated carbocycles. The maximum atomic E-state index is 13.0. The number of aromatic nitrogens is 2. The molecule has 0 unspecified atom stereocenters. The highest BCUT2D eigenvalue weighted by Gasteiger charge is 2.31. The predicted molar refractivity (Wildman–Crippen MR) is 95.9 cm³/mol. The van der Waals surface area contributed by atoms with Crippen LogP contribution >= 0.6 is 0 Å². The number of nitrogens with zero attached hydrogens (tertiary/aromatic N) is 3. The Morgan fingerprint density at radius 1 is 1.15 bits per heavy atom. The molecule has 1 fully saturated rings. The zero-order valence-electron chi connectivity index (χ0n) is 14.8. The fourth-order valence-corrected chi connectivity index (χ4v) is 3.17. The van der Waals surface area contributed by atoms with E-state index in [-0.39, 0.29) is 17.6 Å². The van der Waals surface area contributed by atoms with Crippen molar-refractivity contribution in [3.8, 4) is 17.2 Å². The number of hydrogen-bond acceptors (Lipinski definition) is 5. The van der Waals surface area contributed by atoms with Gasteiger partial charge in [0.25, 0.3) is 5.91 Å². The third kappa shape index (κ3) is 3.53. The number of carbonyl (C=O) groups is 1. The second-order valence-corrected chi connectivity index (χ2v) is 6.42. The van der Waals surface area contributed by atoms with E-state index < -0.39 is 0 Å². The number of benzene rings is 2. The zero-order chi connectivity index (χ0) is 18.8. The Balaban J connectivity index is 1.45. The van der Waals surface area contributed by atoms with E-state index in [1.165, 1.54) is 24.3 Å². The monoisotopic (exact) mass is 367 g/mol. The highest BCUT2D eigenvalue weighted by atomic mass is 19.1. The molecular weight excluding hydrogens is 349 g/mol. The first-order valence-corrected chi connectivity index (χ1v) is 8.66. The van der Waals surface area contributed by atoms with Gasteiger partial charge in [-0.15, -0.1) is 10.2 Å². The van der Waals surface area contributed by atoms with Gasteiger partial charge in [0.15, 0.2) is 0 Å². The third-order valence-corrected chi connectivity index (χ3v) is 4.69. The fraction of sp³-hybridized carbons (Fsp3) is 0.250. The van der Waals surface area contributed by atoms with Gasteiger partial charge in [-0.05, 0) is 55.0 Å². The number of methoxy groups -OCH3 is 1. The molecule has 1 aliphatic heterocycles. The molecule has 2 aromatic carbocycles. The van der Waals surface area contributed by atoms with E-state index in [9.17, 15) is 9.18 Å². The number of halogens is 1. The molecular formula is C20H18FN3O3. The summed E-state index contributed by atoms with van der Waals surface area (Å²) in [5, 5.41) is 8.28. The Morgan fingerprint density at radius 2 is 1.89 bits per heavy atom. The lowest BCUT2D eigenvalue weighted by atomic mass is 10.1. The summed E-state index contributed by atoms with van der Waals surface area (Å²) < 4.78 is 24.0. The Bertz CT molecular complexity index is 938. The van der Waals surface area contributed by atoms with Crippen LogP contribution in [0.15, 0.2) is 52.9 Å². The van der Waals surface area contributed by atoms with E-state index in [0.29, 0.717) is 30.4 Å². The van der Waals surface area contributed by atoms with Crippen molar-refractivity contribution in [2.75, 3.05) is 20.2 Å². The van der Waals surface area contributed by atoms with Crippen molar-refractivity contribution in [1.29, 1.82) is 0 Å². The molecule has 1 aromatic heterocycles. The van der Waals surface area contributed by atoms with Crippen LogP contribution in [0.5, 0.6) is 5.75 Å². The van der Waals surface area contributed by atoms with Crippen LogP contribution in [0, 0.1) is 5.82 Å². The summed E-state index contributed by atoms with van der Waals surface area (Å²) in [5.41, 5.74) is 1.29. The van der Waals surface area contributed by atoms with Crippen molar-refractivity contribution < 1.29 is 18.3 Å². The minimum atomic E-state index is -0.359. The van der Waals surface area contributed by atoms with Crippen LogP contribution in [0.25, 0.3) is 11.5 Å². The molecule has 1 amide bonds. The Morgan fingerprint density at radius 3 is 2.59 bits per heavy atom. The van der Waals surface area contributed by atoms with Gasteiger partial charge < -0.3 is 14.1 Å². The average molecular weight is 367 g/mol. The normalized spacial score (nSPS) is 16.5. The van der Waals surface area contributed by atoms with Crippen molar-refractivity contribution in [2.45, 2.75) is 12.3 Å². The van der Waals surface area contributed by atoms with Crippen LogP contribution in [-0.4, -0.2) is 41.2 Å². The number of ether oxygens (including phenoxy) is 1. The summed E-state index contributed by atoms with van der Waals surface area (Å²) in [6, 6.07) is 13.0. The number of amides is 1. The molecule has 6 nitrogen and oxygen atoms in total. The van der Waals surface area contributed by atoms with Gasteiger partial charge in [-0.1, -0.05) is 0 Å². The maximum Gasteiger partial charge on any atom is 0.253 e. The molecule has 3 aromatic rings. The van der Waals surface area contributed by atoms with E-state index in [4.69, 9.17) is 9.15 Å². The lowest BCUT2D eigenvalue weighted by Gasteiger charge is -2.15. The van der Waals surface area contributed by atoms with E-state index in [1.54, 1.807) is 12.0 Å². The van der Waals surface area contributed by atoms with Gasteiger partial charge in [-0.25, -0.2) is 4.39 Å². The van der Waals surface area contributed by atoms with Crippen LogP contribution < -0.4 is 4.74 Å². The number of hydrogen-bond donors (Lipinski definition) is 0. The molecule has 0 aliphatic carbocycles. The smallest absolute Gasteiger partial charge is 0.253 e. The van der Waals surface area contributed by atoms with Gasteiger partial charge in [0.2, 0.25) is 11.8 Å². The van der Waals surface area contributed by atoms with E-state index >= 15 is 0 Å². The first kappa shape index (κ1) is 17.2. The molecule has 2 heterocycles. The van der Waals surface area contributed by atoms with Crippen LogP contribution in [0.2, 0.25) is 0 Å². The molecule has 4 rings (SSSR count). The average Bonchev–Trinajstić information content (AvgIpc) is 3.38. The van der Waals surface area contributed by atoms with Crippen LogP contribution in [0.3, 0.4) is 0 Å². The number of carbonyl (C=O) groups excluding carboxylic acids is 1. The van der Waals surface area contributed by atoms with Crippen LogP contribution in [-0.2, 0) is 0 Å². The molecule has 0 radical (unpaired) electrons. The van der Waals surface area contributed by atoms with Gasteiger partial charge in [-0.2, -0.15) is 0 Å². The van der Waals surface area contributed by atoms with Gasteiger partial charge in [0, 0.05) is 24.2 Å². The first-order chi connectivity index (χ1) is 13.1. The fourth-order valence-electron chi connectivity index (χ4n) is 3.17. The molecule has 27 heavy (non-hydrogen) atoms. The van der Waals surface area contributed by atoms with Crippen molar-refractivity contribution in [3.63, 3.8) is 0 Å². The Hall–Kier alpha value is -3.22. The second-order valence-electron chi connectivity index (χ2n) is 6.42. The zero-order valence-corrected chi connectivity index (χ0v) is 14.8. The molecule has 0 N–H and O–H groups in total. The SMILES string of the molecule is COc1ccc(-c2nnc([C@H]3CCN(C(=O)c4ccc(F)cc4)C3)o2)cc1. The summed E-state index contributed by atoms with van der Waals surface area (Å²) in [4.78, 5) is 14.3. The first-order valence-electron chi connectivity index (χ1n) is 8.66. The van der Waals surface area contributed by atoms with E-state index in [1.807, 2.05) is 24.3 Å². The highest BCUT2D eigenvalue weighted by molar-refractivity contribution is 5.94. The van der Waals surface area contributed by atoms with Gasteiger partial charge in [0.1, 0.15) is 11.6 Å². The standard InChI is InChI=1S/C20H18FN3O3/c1-26-17-8-4-13(5-9-17)18-22-23-19(27-18)15-10-11-24(12-15)20(25)14-2-6-16(21)7-3-14/h2-9,15H,10-12H2,1H3/t15-/m0/s1. The molecule has 0 bridgehead atoms. The third-order valence-electron chi connectivity index (χ3n) is 4.69. The molecule has 1 aliphatic rings. The lowest BCUT2D eigenvalue weighted by molar-refractivity contribution is 0.0790. The summed E-state index contributed by atoms with van der Waals surface area (Å²) in [6.07, 6.45) is 0.747. The molecule has 0 spiro atoms. The highest BCUT2D eigenvalue weighted by Crippen LogP contribution is 2.30. The van der Waals surface area contributed by atoms with Gasteiger partial charge in [0.05, 0.1) is 13.0 Å². The van der Waals surface area contributed by atoms with E-state index in [2.05, 4.69) is 10.2 Å². The van der Waals surface area contributed by atoms with Crippen LogP contribution in [0.1, 0.15) is 28.6 Å². The van der Waals surface area contributed by atoms with Gasteiger partial charge in [-0.3, -0.25) is 4.79 Å². The van der Waals surface area contributed by atoms with Crippen LogP contribution in [0.4, 0.5) is 4.39 Å².